The predicted octanol–water partition coefficient (Wildman–Crippen LogP) is 2.56. The van der Waals surface area contributed by atoms with Gasteiger partial charge in [-0.05, 0) is 63.7 Å². The van der Waals surface area contributed by atoms with Crippen LogP contribution in [0.4, 0.5) is 4.79 Å². The van der Waals surface area contributed by atoms with E-state index in [1.807, 2.05) is 4.90 Å². The zero-order valence-corrected chi connectivity index (χ0v) is 12.9. The maximum Gasteiger partial charge on any atom is 0.329 e. The number of carbonyl (C=O) groups excluding carboxylic acids is 1. The van der Waals surface area contributed by atoms with Gasteiger partial charge in [-0.25, -0.2) is 9.59 Å². The first-order valence-corrected chi connectivity index (χ1v) is 8.30. The van der Waals surface area contributed by atoms with Gasteiger partial charge in [0.05, 0.1) is 0 Å². The normalized spacial score (nSPS) is 29.3. The number of hydrogen-bond donors (Lipinski definition) is 1. The SMILES string of the molecule is CC1(C(=O)O)CCCCN1C(=O)N(CC1CC1)CC1CC1. The van der Waals surface area contributed by atoms with Gasteiger partial charge in [-0.1, -0.05) is 0 Å². The Morgan fingerprint density at radius 1 is 1.14 bits per heavy atom. The number of carbonyl (C=O) groups is 2. The maximum absolute atomic E-state index is 12.9. The number of rotatable bonds is 5. The lowest BCUT2D eigenvalue weighted by Gasteiger charge is -2.44. The van der Waals surface area contributed by atoms with E-state index in [2.05, 4.69) is 0 Å². The first-order chi connectivity index (χ1) is 10.0. The number of urea groups is 1. The number of carboxylic acid groups (broad SMARTS) is 1. The van der Waals surface area contributed by atoms with Crippen LogP contribution in [0.5, 0.6) is 0 Å². The summed E-state index contributed by atoms with van der Waals surface area (Å²) in [6, 6.07) is -0.0431. The average Bonchev–Trinajstić information content (AvgIpc) is 3.33. The van der Waals surface area contributed by atoms with E-state index in [9.17, 15) is 14.7 Å². The molecule has 0 radical (unpaired) electrons. The van der Waals surface area contributed by atoms with Crippen LogP contribution >= 0.6 is 0 Å². The van der Waals surface area contributed by atoms with Crippen molar-refractivity contribution in [3.63, 3.8) is 0 Å². The highest BCUT2D eigenvalue weighted by Crippen LogP contribution is 2.36. The van der Waals surface area contributed by atoms with Crippen LogP contribution in [-0.4, -0.2) is 52.1 Å². The zero-order valence-electron chi connectivity index (χ0n) is 12.9. The van der Waals surface area contributed by atoms with Crippen LogP contribution in [0, 0.1) is 11.8 Å². The molecule has 2 amide bonds. The Hall–Kier alpha value is -1.26. The summed E-state index contributed by atoms with van der Waals surface area (Å²) in [7, 11) is 0. The summed E-state index contributed by atoms with van der Waals surface area (Å²) in [6.45, 7) is 3.93. The molecule has 5 nitrogen and oxygen atoms in total. The van der Waals surface area contributed by atoms with Gasteiger partial charge in [0, 0.05) is 19.6 Å². The van der Waals surface area contributed by atoms with Crippen molar-refractivity contribution in [1.82, 2.24) is 9.80 Å². The van der Waals surface area contributed by atoms with Crippen LogP contribution in [0.15, 0.2) is 0 Å². The molecule has 3 aliphatic rings. The highest BCUT2D eigenvalue weighted by molar-refractivity contribution is 5.86. The Morgan fingerprint density at radius 2 is 1.71 bits per heavy atom. The third-order valence-electron chi connectivity index (χ3n) is 5.20. The average molecular weight is 294 g/mol. The monoisotopic (exact) mass is 294 g/mol. The minimum absolute atomic E-state index is 0.0431. The number of piperidine rings is 1. The number of carboxylic acids is 1. The first kappa shape index (κ1) is 14.7. The third-order valence-corrected chi connectivity index (χ3v) is 5.20. The largest absolute Gasteiger partial charge is 0.480 e. The minimum Gasteiger partial charge on any atom is -0.480 e. The summed E-state index contributed by atoms with van der Waals surface area (Å²) in [4.78, 5) is 28.2. The van der Waals surface area contributed by atoms with E-state index in [0.29, 0.717) is 24.8 Å². The smallest absolute Gasteiger partial charge is 0.329 e. The van der Waals surface area contributed by atoms with Crippen molar-refractivity contribution in [2.45, 2.75) is 57.4 Å². The topological polar surface area (TPSA) is 60.9 Å². The Balaban J connectivity index is 1.73. The van der Waals surface area contributed by atoms with E-state index in [0.717, 1.165) is 25.9 Å². The van der Waals surface area contributed by atoms with E-state index < -0.39 is 11.5 Å². The lowest BCUT2D eigenvalue weighted by atomic mass is 9.89. The minimum atomic E-state index is -1.03. The maximum atomic E-state index is 12.9. The van der Waals surface area contributed by atoms with Gasteiger partial charge >= 0.3 is 12.0 Å². The number of nitrogens with zero attached hydrogens (tertiary/aromatic N) is 2. The van der Waals surface area contributed by atoms with Crippen LogP contribution in [0.3, 0.4) is 0 Å². The Kier molecular flexibility index (Phi) is 3.84. The lowest BCUT2D eigenvalue weighted by molar-refractivity contribution is -0.150. The standard InChI is InChI=1S/C16H26N2O3/c1-16(14(19)20)8-2-3-9-18(16)15(21)17(10-12-4-5-12)11-13-6-7-13/h12-13H,2-11H2,1H3,(H,19,20). The fourth-order valence-corrected chi connectivity index (χ4v) is 3.28. The zero-order chi connectivity index (χ0) is 15.0. The predicted molar refractivity (Wildman–Crippen MR) is 79.0 cm³/mol. The Labute approximate surface area is 126 Å². The van der Waals surface area contributed by atoms with Crippen LogP contribution in [-0.2, 0) is 4.79 Å². The highest BCUT2D eigenvalue weighted by atomic mass is 16.4. The molecule has 3 rings (SSSR count). The van der Waals surface area contributed by atoms with Crippen molar-refractivity contribution in [3.8, 4) is 0 Å². The van der Waals surface area contributed by atoms with Crippen LogP contribution in [0.2, 0.25) is 0 Å². The molecule has 2 saturated carbocycles. The van der Waals surface area contributed by atoms with Gasteiger partial charge in [-0.3, -0.25) is 0 Å². The van der Waals surface area contributed by atoms with Gasteiger partial charge in [-0.15, -0.1) is 0 Å². The van der Waals surface area contributed by atoms with Crippen molar-refractivity contribution in [3.05, 3.63) is 0 Å². The number of amides is 2. The van der Waals surface area contributed by atoms with E-state index in [1.165, 1.54) is 25.7 Å². The summed E-state index contributed by atoms with van der Waals surface area (Å²) < 4.78 is 0. The molecule has 1 aliphatic heterocycles. The van der Waals surface area contributed by atoms with Gasteiger partial charge in [0.1, 0.15) is 5.54 Å². The van der Waals surface area contributed by atoms with Crippen molar-refractivity contribution in [2.75, 3.05) is 19.6 Å². The summed E-state index contributed by atoms with van der Waals surface area (Å²) in [6.07, 6.45) is 7.21. The van der Waals surface area contributed by atoms with Gasteiger partial charge in [0.2, 0.25) is 0 Å². The fraction of sp³-hybridized carbons (Fsp3) is 0.875. The van der Waals surface area contributed by atoms with E-state index in [4.69, 9.17) is 0 Å². The molecular weight excluding hydrogens is 268 g/mol. The van der Waals surface area contributed by atoms with Crippen molar-refractivity contribution < 1.29 is 14.7 Å². The van der Waals surface area contributed by atoms with Crippen LogP contribution in [0.1, 0.15) is 51.9 Å². The second-order valence-corrected chi connectivity index (χ2v) is 7.26. The van der Waals surface area contributed by atoms with Gasteiger partial charge in [-0.2, -0.15) is 0 Å². The van der Waals surface area contributed by atoms with E-state index >= 15 is 0 Å². The molecule has 2 aliphatic carbocycles. The summed E-state index contributed by atoms with van der Waals surface area (Å²) in [5.41, 5.74) is -1.03. The second kappa shape index (κ2) is 5.50. The number of likely N-dealkylation sites (tertiary alicyclic amines) is 1. The molecule has 1 unspecified atom stereocenters. The molecule has 3 fully saturated rings. The number of aliphatic carboxylic acids is 1. The molecule has 0 aromatic rings. The molecule has 1 heterocycles. The second-order valence-electron chi connectivity index (χ2n) is 7.26. The molecular formula is C16H26N2O3. The molecule has 0 aromatic carbocycles. The van der Waals surface area contributed by atoms with Crippen molar-refractivity contribution in [2.24, 2.45) is 11.8 Å². The van der Waals surface area contributed by atoms with Gasteiger partial charge in [0.25, 0.3) is 0 Å². The van der Waals surface area contributed by atoms with Crippen molar-refractivity contribution in [1.29, 1.82) is 0 Å². The molecule has 0 aromatic heterocycles. The molecule has 0 bridgehead atoms. The molecule has 0 spiro atoms. The Bertz CT molecular complexity index is 417. The summed E-state index contributed by atoms with van der Waals surface area (Å²) in [5, 5.41) is 9.57. The highest BCUT2D eigenvalue weighted by Gasteiger charge is 2.46. The molecule has 118 valence electrons. The summed E-state index contributed by atoms with van der Waals surface area (Å²) >= 11 is 0. The quantitative estimate of drug-likeness (QED) is 0.847. The molecule has 21 heavy (non-hydrogen) atoms. The molecule has 1 N–H and O–H groups in total. The molecule has 5 heteroatoms. The third kappa shape index (κ3) is 3.16. The molecule has 1 saturated heterocycles. The fourth-order valence-electron chi connectivity index (χ4n) is 3.28. The lowest BCUT2D eigenvalue weighted by Crippen LogP contribution is -2.61. The van der Waals surface area contributed by atoms with Gasteiger partial charge in [0.15, 0.2) is 0 Å². The van der Waals surface area contributed by atoms with Crippen LogP contribution < -0.4 is 0 Å². The van der Waals surface area contributed by atoms with E-state index in [1.54, 1.807) is 11.8 Å². The first-order valence-electron chi connectivity index (χ1n) is 8.30. The van der Waals surface area contributed by atoms with Crippen molar-refractivity contribution >= 4 is 12.0 Å². The van der Waals surface area contributed by atoms with Crippen LogP contribution in [0.25, 0.3) is 0 Å². The summed E-state index contributed by atoms with van der Waals surface area (Å²) in [5.74, 6) is 0.426. The number of hydrogen-bond acceptors (Lipinski definition) is 2. The van der Waals surface area contributed by atoms with E-state index in [-0.39, 0.29) is 6.03 Å². The van der Waals surface area contributed by atoms with Gasteiger partial charge < -0.3 is 14.9 Å². The molecule has 1 atom stereocenters. The Morgan fingerprint density at radius 3 is 2.19 bits per heavy atom.